The van der Waals surface area contributed by atoms with E-state index in [0.717, 1.165) is 11.3 Å². The lowest BCUT2D eigenvalue weighted by Crippen LogP contribution is -2.50. The van der Waals surface area contributed by atoms with E-state index in [-0.39, 0.29) is 5.91 Å². The van der Waals surface area contributed by atoms with Gasteiger partial charge in [-0.05, 0) is 19.1 Å². The molecule has 18 heavy (non-hydrogen) atoms. The number of nitrogens with zero attached hydrogens (tertiary/aromatic N) is 1. The maximum absolute atomic E-state index is 12.3. The summed E-state index contributed by atoms with van der Waals surface area (Å²) in [5.74, 6) is 0.142. The Hall–Kier alpha value is -1.49. The molecule has 1 aromatic rings. The van der Waals surface area contributed by atoms with Crippen LogP contribution in [0.15, 0.2) is 24.3 Å². The normalized spacial score (nSPS) is 19.6. The van der Waals surface area contributed by atoms with Crippen molar-refractivity contribution in [2.24, 2.45) is 0 Å². The van der Waals surface area contributed by atoms with Gasteiger partial charge in [0.2, 0.25) is 0 Å². The Labute approximate surface area is 110 Å². The summed E-state index contributed by atoms with van der Waals surface area (Å²) >= 11 is 1.58. The van der Waals surface area contributed by atoms with Crippen molar-refractivity contribution in [1.29, 1.82) is 0 Å². The minimum absolute atomic E-state index is 0.189. The third kappa shape index (κ3) is 2.67. The van der Waals surface area contributed by atoms with Crippen molar-refractivity contribution in [3.63, 3.8) is 0 Å². The van der Waals surface area contributed by atoms with E-state index in [9.17, 15) is 9.59 Å². The quantitative estimate of drug-likeness (QED) is 0.883. The Balaban J connectivity index is 2.23. The predicted octanol–water partition coefficient (Wildman–Crippen LogP) is 1.64. The fourth-order valence-electron chi connectivity index (χ4n) is 2.00. The number of aliphatic carboxylic acids is 1. The van der Waals surface area contributed by atoms with Crippen LogP contribution in [0, 0.1) is 6.92 Å². The van der Waals surface area contributed by atoms with E-state index >= 15 is 0 Å². The SMILES string of the molecule is Cc1cccc(C(=O)N2CCSCC2C(=O)O)c1. The highest BCUT2D eigenvalue weighted by atomic mass is 32.2. The molecule has 0 spiro atoms. The molecule has 1 unspecified atom stereocenters. The Morgan fingerprint density at radius 3 is 2.89 bits per heavy atom. The molecule has 96 valence electrons. The summed E-state index contributed by atoms with van der Waals surface area (Å²) in [4.78, 5) is 24.9. The molecule has 0 aromatic heterocycles. The van der Waals surface area contributed by atoms with Crippen LogP contribution in [0.2, 0.25) is 0 Å². The molecule has 1 N–H and O–H groups in total. The number of hydrogen-bond donors (Lipinski definition) is 1. The van der Waals surface area contributed by atoms with E-state index in [0.29, 0.717) is 17.9 Å². The summed E-state index contributed by atoms with van der Waals surface area (Å²) in [6.45, 7) is 2.41. The molecule has 1 fully saturated rings. The van der Waals surface area contributed by atoms with Crippen molar-refractivity contribution >= 4 is 23.6 Å². The topological polar surface area (TPSA) is 57.6 Å². The minimum Gasteiger partial charge on any atom is -0.480 e. The first-order valence-corrected chi connectivity index (χ1v) is 6.93. The molecule has 0 aliphatic carbocycles. The fraction of sp³-hybridized carbons (Fsp3) is 0.385. The van der Waals surface area contributed by atoms with Gasteiger partial charge in [-0.1, -0.05) is 17.7 Å². The van der Waals surface area contributed by atoms with Crippen molar-refractivity contribution in [3.05, 3.63) is 35.4 Å². The minimum atomic E-state index is -0.928. The summed E-state index contributed by atoms with van der Waals surface area (Å²) in [6, 6.07) is 6.55. The van der Waals surface area contributed by atoms with E-state index in [4.69, 9.17) is 5.11 Å². The van der Waals surface area contributed by atoms with E-state index in [1.54, 1.807) is 23.9 Å². The molecule has 4 nitrogen and oxygen atoms in total. The zero-order chi connectivity index (χ0) is 13.1. The number of carboxylic acid groups (broad SMARTS) is 1. The second-order valence-corrected chi connectivity index (χ2v) is 5.45. The third-order valence-corrected chi connectivity index (χ3v) is 3.96. The smallest absolute Gasteiger partial charge is 0.327 e. The zero-order valence-electron chi connectivity index (χ0n) is 10.1. The van der Waals surface area contributed by atoms with Gasteiger partial charge in [-0.15, -0.1) is 0 Å². The average molecular weight is 265 g/mol. The van der Waals surface area contributed by atoms with Crippen molar-refractivity contribution in [2.45, 2.75) is 13.0 Å². The predicted molar refractivity (Wildman–Crippen MR) is 71.0 cm³/mol. The maximum atomic E-state index is 12.3. The summed E-state index contributed by atoms with van der Waals surface area (Å²) in [7, 11) is 0. The molecule has 1 amide bonds. The zero-order valence-corrected chi connectivity index (χ0v) is 10.9. The van der Waals surface area contributed by atoms with Gasteiger partial charge >= 0.3 is 5.97 Å². The van der Waals surface area contributed by atoms with Gasteiger partial charge in [0.15, 0.2) is 0 Å². The number of carboxylic acids is 1. The largest absolute Gasteiger partial charge is 0.480 e. The highest BCUT2D eigenvalue weighted by Crippen LogP contribution is 2.19. The number of carbonyl (C=O) groups excluding carboxylic acids is 1. The number of amides is 1. The number of thioether (sulfide) groups is 1. The van der Waals surface area contributed by atoms with Gasteiger partial charge in [-0.25, -0.2) is 4.79 Å². The first kappa shape index (κ1) is 13.0. The molecular weight excluding hydrogens is 250 g/mol. The van der Waals surface area contributed by atoms with E-state index < -0.39 is 12.0 Å². The van der Waals surface area contributed by atoms with Gasteiger partial charge in [-0.2, -0.15) is 11.8 Å². The van der Waals surface area contributed by atoms with Crippen LogP contribution in [-0.4, -0.2) is 46.0 Å². The molecule has 5 heteroatoms. The summed E-state index contributed by atoms with van der Waals surface area (Å²) in [5.41, 5.74) is 1.56. The van der Waals surface area contributed by atoms with E-state index in [1.807, 2.05) is 19.1 Å². The molecule has 1 aromatic carbocycles. The first-order valence-electron chi connectivity index (χ1n) is 5.78. The Bertz CT molecular complexity index is 475. The summed E-state index contributed by atoms with van der Waals surface area (Å²) in [6.07, 6.45) is 0. The number of aryl methyl sites for hydroxylation is 1. The Kier molecular flexibility index (Phi) is 3.91. The molecule has 1 saturated heterocycles. The van der Waals surface area contributed by atoms with Crippen molar-refractivity contribution in [3.8, 4) is 0 Å². The maximum Gasteiger partial charge on any atom is 0.327 e. The molecule has 2 rings (SSSR count). The highest BCUT2D eigenvalue weighted by molar-refractivity contribution is 7.99. The molecule has 1 heterocycles. The second-order valence-electron chi connectivity index (χ2n) is 4.30. The van der Waals surface area contributed by atoms with Crippen LogP contribution in [0.5, 0.6) is 0 Å². The standard InChI is InChI=1S/C13H15NO3S/c1-9-3-2-4-10(7-9)12(15)14-5-6-18-8-11(14)13(16)17/h2-4,7,11H,5-6,8H2,1H3,(H,16,17). The Morgan fingerprint density at radius 2 is 2.22 bits per heavy atom. The van der Waals surface area contributed by atoms with Crippen molar-refractivity contribution in [2.75, 3.05) is 18.1 Å². The summed E-state index contributed by atoms with van der Waals surface area (Å²) < 4.78 is 0. The second kappa shape index (κ2) is 5.44. The van der Waals surface area contributed by atoms with Gasteiger partial charge in [0.1, 0.15) is 6.04 Å². The van der Waals surface area contributed by atoms with Gasteiger partial charge in [-0.3, -0.25) is 4.79 Å². The van der Waals surface area contributed by atoms with Crippen LogP contribution in [0.25, 0.3) is 0 Å². The van der Waals surface area contributed by atoms with Gasteiger partial charge in [0.05, 0.1) is 0 Å². The van der Waals surface area contributed by atoms with Crippen molar-refractivity contribution < 1.29 is 14.7 Å². The molecule has 1 aliphatic rings. The van der Waals surface area contributed by atoms with Gasteiger partial charge in [0.25, 0.3) is 5.91 Å². The van der Waals surface area contributed by atoms with E-state index in [2.05, 4.69) is 0 Å². The number of benzene rings is 1. The first-order chi connectivity index (χ1) is 8.59. The van der Waals surface area contributed by atoms with Crippen LogP contribution in [-0.2, 0) is 4.79 Å². The molecule has 0 radical (unpaired) electrons. The lowest BCUT2D eigenvalue weighted by molar-refractivity contribution is -0.141. The number of carbonyl (C=O) groups is 2. The highest BCUT2D eigenvalue weighted by Gasteiger charge is 2.32. The van der Waals surface area contributed by atoms with Gasteiger partial charge in [0, 0.05) is 23.6 Å². The molecular formula is C13H15NO3S. The molecule has 0 bridgehead atoms. The van der Waals surface area contributed by atoms with Crippen molar-refractivity contribution in [1.82, 2.24) is 4.90 Å². The molecule has 1 aliphatic heterocycles. The van der Waals surface area contributed by atoms with Gasteiger partial charge < -0.3 is 10.0 Å². The summed E-state index contributed by atoms with van der Waals surface area (Å²) in [5, 5.41) is 9.15. The van der Waals surface area contributed by atoms with Crippen LogP contribution < -0.4 is 0 Å². The van der Waals surface area contributed by atoms with Crippen LogP contribution in [0.3, 0.4) is 0 Å². The van der Waals surface area contributed by atoms with E-state index in [1.165, 1.54) is 4.90 Å². The number of rotatable bonds is 2. The fourth-order valence-corrected chi connectivity index (χ4v) is 3.03. The lowest BCUT2D eigenvalue weighted by Gasteiger charge is -2.32. The van der Waals surface area contributed by atoms with Crippen LogP contribution >= 0.6 is 11.8 Å². The van der Waals surface area contributed by atoms with Crippen LogP contribution in [0.4, 0.5) is 0 Å². The monoisotopic (exact) mass is 265 g/mol. The molecule has 0 saturated carbocycles. The molecule has 1 atom stereocenters. The van der Waals surface area contributed by atoms with Crippen LogP contribution in [0.1, 0.15) is 15.9 Å². The third-order valence-electron chi connectivity index (χ3n) is 2.94. The Morgan fingerprint density at radius 1 is 1.44 bits per heavy atom. The number of hydrogen-bond acceptors (Lipinski definition) is 3. The lowest BCUT2D eigenvalue weighted by atomic mass is 10.1. The average Bonchev–Trinajstić information content (AvgIpc) is 2.38.